The summed E-state index contributed by atoms with van der Waals surface area (Å²) in [7, 11) is 1.65. The van der Waals surface area contributed by atoms with Crippen molar-refractivity contribution < 1.29 is 9.47 Å². The number of rotatable bonds is 7. The number of benzene rings is 2. The molecule has 24 heavy (non-hydrogen) atoms. The van der Waals surface area contributed by atoms with Crippen LogP contribution in [0.25, 0.3) is 5.57 Å². The van der Waals surface area contributed by atoms with E-state index in [-0.39, 0.29) is 0 Å². The number of hydrogen-bond acceptors (Lipinski definition) is 3. The van der Waals surface area contributed by atoms with Crippen molar-refractivity contribution >= 4 is 5.57 Å². The van der Waals surface area contributed by atoms with Crippen LogP contribution in [0.3, 0.4) is 0 Å². The molecule has 0 aliphatic heterocycles. The molecule has 2 aromatic rings. The third kappa shape index (κ3) is 4.41. The predicted molar refractivity (Wildman–Crippen MR) is 98.8 cm³/mol. The average Bonchev–Trinajstić information content (AvgIpc) is 2.60. The number of methoxy groups -OCH3 is 1. The smallest absolute Gasteiger partial charge is 0.120 e. The van der Waals surface area contributed by atoms with Gasteiger partial charge < -0.3 is 15.2 Å². The van der Waals surface area contributed by atoms with Gasteiger partial charge in [0.25, 0.3) is 0 Å². The van der Waals surface area contributed by atoms with Gasteiger partial charge in [-0.3, -0.25) is 0 Å². The number of nitrogens with two attached hydrogens (primary N) is 1. The Morgan fingerprint density at radius 1 is 1.21 bits per heavy atom. The second-order valence-electron chi connectivity index (χ2n) is 5.94. The predicted octanol–water partition coefficient (Wildman–Crippen LogP) is 4.03. The molecule has 0 aliphatic rings. The van der Waals surface area contributed by atoms with E-state index in [1.165, 1.54) is 0 Å². The van der Waals surface area contributed by atoms with Gasteiger partial charge >= 0.3 is 0 Å². The quantitative estimate of drug-likeness (QED) is 0.783. The van der Waals surface area contributed by atoms with E-state index < -0.39 is 5.54 Å². The summed E-state index contributed by atoms with van der Waals surface area (Å²) in [4.78, 5) is 0. The Balaban J connectivity index is 2.07. The van der Waals surface area contributed by atoms with Crippen molar-refractivity contribution in [3.8, 4) is 23.8 Å². The van der Waals surface area contributed by atoms with Crippen molar-refractivity contribution in [2.45, 2.75) is 25.5 Å². The van der Waals surface area contributed by atoms with Crippen LogP contribution >= 0.6 is 0 Å². The summed E-state index contributed by atoms with van der Waals surface area (Å²) < 4.78 is 11.0. The fourth-order valence-corrected chi connectivity index (χ4v) is 2.31. The Morgan fingerprint density at radius 2 is 1.92 bits per heavy atom. The molecule has 0 amide bonds. The molecule has 124 valence electrons. The maximum Gasteiger partial charge on any atom is 0.120 e. The number of hydrogen-bond donors (Lipinski definition) is 1. The molecule has 1 unspecified atom stereocenters. The minimum absolute atomic E-state index is 0.433. The highest BCUT2D eigenvalue weighted by Gasteiger charge is 2.22. The van der Waals surface area contributed by atoms with Crippen molar-refractivity contribution in [1.29, 1.82) is 0 Å². The van der Waals surface area contributed by atoms with Gasteiger partial charge in [0, 0.05) is 12.0 Å². The molecule has 0 radical (unpaired) electrons. The summed E-state index contributed by atoms with van der Waals surface area (Å²) in [5.41, 5.74) is 8.41. The van der Waals surface area contributed by atoms with E-state index in [9.17, 15) is 0 Å². The van der Waals surface area contributed by atoms with Gasteiger partial charge in [-0.2, -0.15) is 0 Å². The highest BCUT2D eigenvalue weighted by Crippen LogP contribution is 2.28. The van der Waals surface area contributed by atoms with Crippen molar-refractivity contribution in [2.75, 3.05) is 7.11 Å². The maximum absolute atomic E-state index is 6.25. The Labute approximate surface area is 144 Å². The summed E-state index contributed by atoms with van der Waals surface area (Å²) >= 11 is 0. The summed E-state index contributed by atoms with van der Waals surface area (Å²) in [6.45, 7) is 6.47. The first-order valence-electron chi connectivity index (χ1n) is 7.74. The van der Waals surface area contributed by atoms with Gasteiger partial charge in [-0.25, -0.2) is 0 Å². The normalized spacial score (nSPS) is 12.8. The van der Waals surface area contributed by atoms with E-state index in [1.807, 2.05) is 55.5 Å². The van der Waals surface area contributed by atoms with Crippen LogP contribution in [0, 0.1) is 12.3 Å². The van der Waals surface area contributed by atoms with E-state index >= 15 is 0 Å². The molecule has 1 atom stereocenters. The molecule has 3 heteroatoms. The highest BCUT2D eigenvalue weighted by atomic mass is 16.5. The van der Waals surface area contributed by atoms with Gasteiger partial charge in [0.1, 0.15) is 18.1 Å². The molecule has 0 spiro atoms. The molecule has 0 saturated carbocycles. The van der Waals surface area contributed by atoms with Gasteiger partial charge in [-0.05, 0) is 47.9 Å². The van der Waals surface area contributed by atoms with Crippen LogP contribution in [0.5, 0.6) is 11.5 Å². The fourth-order valence-electron chi connectivity index (χ4n) is 2.31. The first kappa shape index (κ1) is 17.7. The third-order valence-corrected chi connectivity index (χ3v) is 3.91. The lowest BCUT2D eigenvalue weighted by Crippen LogP contribution is -2.36. The van der Waals surface area contributed by atoms with Crippen molar-refractivity contribution in [2.24, 2.45) is 5.73 Å². The zero-order chi connectivity index (χ0) is 17.6. The Kier molecular flexibility index (Phi) is 5.68. The molecule has 2 aromatic carbocycles. The standard InChI is InChI=1S/C21H23NO2/c1-5-13-21(3,22)16(2)18-7-6-8-20(14-18)24-15-17-9-11-19(23-4)12-10-17/h1,6-12,14H,2,13,15,22H2,3-4H3. The molecular formula is C21H23NO2. The second-order valence-corrected chi connectivity index (χ2v) is 5.94. The Bertz CT molecular complexity index is 739. The highest BCUT2D eigenvalue weighted by molar-refractivity contribution is 5.71. The molecule has 2 N–H and O–H groups in total. The molecule has 0 heterocycles. The van der Waals surface area contributed by atoms with Crippen LogP contribution < -0.4 is 15.2 Å². The lowest BCUT2D eigenvalue weighted by atomic mass is 9.86. The molecule has 0 bridgehead atoms. The van der Waals surface area contributed by atoms with Crippen LogP contribution in [0.15, 0.2) is 55.1 Å². The zero-order valence-electron chi connectivity index (χ0n) is 14.2. The molecule has 0 saturated heterocycles. The van der Waals surface area contributed by atoms with Crippen LogP contribution in [-0.4, -0.2) is 12.6 Å². The SMILES string of the molecule is C#CCC(C)(N)C(=C)c1cccc(OCc2ccc(OC)cc2)c1. The second kappa shape index (κ2) is 7.72. The lowest BCUT2D eigenvalue weighted by molar-refractivity contribution is 0.306. The van der Waals surface area contributed by atoms with Crippen LogP contribution in [0.2, 0.25) is 0 Å². The molecule has 3 nitrogen and oxygen atoms in total. The van der Waals surface area contributed by atoms with Crippen LogP contribution in [-0.2, 0) is 6.61 Å². The summed E-state index contributed by atoms with van der Waals surface area (Å²) in [5.74, 6) is 4.19. The molecular weight excluding hydrogens is 298 g/mol. The minimum Gasteiger partial charge on any atom is -0.497 e. The van der Waals surface area contributed by atoms with E-state index in [1.54, 1.807) is 7.11 Å². The first-order chi connectivity index (χ1) is 11.5. The van der Waals surface area contributed by atoms with E-state index in [0.717, 1.165) is 28.2 Å². The van der Waals surface area contributed by atoms with Gasteiger partial charge in [-0.15, -0.1) is 12.3 Å². The molecule has 0 aliphatic carbocycles. The topological polar surface area (TPSA) is 44.5 Å². The largest absolute Gasteiger partial charge is 0.497 e. The summed E-state index contributed by atoms with van der Waals surface area (Å²) in [6, 6.07) is 15.5. The summed E-state index contributed by atoms with van der Waals surface area (Å²) in [5, 5.41) is 0. The molecule has 0 fully saturated rings. The van der Waals surface area contributed by atoms with Gasteiger partial charge in [-0.1, -0.05) is 30.8 Å². The van der Waals surface area contributed by atoms with Gasteiger partial charge in [0.05, 0.1) is 7.11 Å². The van der Waals surface area contributed by atoms with Crippen molar-refractivity contribution in [3.63, 3.8) is 0 Å². The van der Waals surface area contributed by atoms with E-state index in [4.69, 9.17) is 21.6 Å². The van der Waals surface area contributed by atoms with E-state index in [0.29, 0.717) is 13.0 Å². The number of terminal acetylenes is 1. The number of ether oxygens (including phenoxy) is 2. The lowest BCUT2D eigenvalue weighted by Gasteiger charge is -2.25. The Morgan fingerprint density at radius 3 is 2.54 bits per heavy atom. The monoisotopic (exact) mass is 321 g/mol. The summed E-state index contributed by atoms with van der Waals surface area (Å²) in [6.07, 6.45) is 5.82. The zero-order valence-corrected chi connectivity index (χ0v) is 14.2. The maximum atomic E-state index is 6.25. The Hall–Kier alpha value is -2.70. The molecule has 0 aromatic heterocycles. The van der Waals surface area contributed by atoms with Gasteiger partial charge in [0.2, 0.25) is 0 Å². The fraction of sp³-hybridized carbons (Fsp3) is 0.238. The third-order valence-electron chi connectivity index (χ3n) is 3.91. The first-order valence-corrected chi connectivity index (χ1v) is 7.74. The van der Waals surface area contributed by atoms with Crippen LogP contribution in [0.4, 0.5) is 0 Å². The minimum atomic E-state index is -0.636. The van der Waals surface area contributed by atoms with Crippen molar-refractivity contribution in [3.05, 3.63) is 66.2 Å². The van der Waals surface area contributed by atoms with Crippen LogP contribution in [0.1, 0.15) is 24.5 Å². The van der Waals surface area contributed by atoms with E-state index in [2.05, 4.69) is 12.5 Å². The molecule has 2 rings (SSSR count). The van der Waals surface area contributed by atoms with Crippen molar-refractivity contribution in [1.82, 2.24) is 0 Å². The average molecular weight is 321 g/mol. The van der Waals surface area contributed by atoms with Gasteiger partial charge in [0.15, 0.2) is 0 Å².